The summed E-state index contributed by atoms with van der Waals surface area (Å²) >= 11 is 0. The van der Waals surface area contributed by atoms with Gasteiger partial charge in [-0.1, -0.05) is 0 Å². The van der Waals surface area contributed by atoms with Gasteiger partial charge in [-0.15, -0.1) is 0 Å². The predicted octanol–water partition coefficient (Wildman–Crippen LogP) is 3.65. The van der Waals surface area contributed by atoms with Crippen LogP contribution in [0.25, 0.3) is 21.8 Å². The van der Waals surface area contributed by atoms with Gasteiger partial charge in [0.05, 0.1) is 17.2 Å². The first kappa shape index (κ1) is 10.3. The van der Waals surface area contributed by atoms with Gasteiger partial charge in [-0.3, -0.25) is 4.98 Å². The van der Waals surface area contributed by atoms with Gasteiger partial charge in [0.2, 0.25) is 0 Å². The zero-order valence-corrected chi connectivity index (χ0v) is 10.7. The molecule has 3 aromatic rings. The summed E-state index contributed by atoms with van der Waals surface area (Å²) in [4.78, 5) is 4.22. The summed E-state index contributed by atoms with van der Waals surface area (Å²) in [5.74, 6) is 0. The molecule has 3 rings (SSSR count). The second-order valence-electron chi connectivity index (χ2n) is 4.79. The molecule has 0 atom stereocenters. The van der Waals surface area contributed by atoms with E-state index in [-0.39, 0.29) is 0 Å². The number of aryl methyl sites for hydroxylation is 3. The van der Waals surface area contributed by atoms with Crippen LogP contribution in [0.4, 0.5) is 0 Å². The van der Waals surface area contributed by atoms with E-state index in [9.17, 15) is 0 Å². The van der Waals surface area contributed by atoms with E-state index in [1.165, 1.54) is 38.5 Å². The number of aromatic nitrogens is 2. The molecule has 0 amide bonds. The summed E-state index contributed by atoms with van der Waals surface area (Å²) in [6.45, 7) is 6.58. The van der Waals surface area contributed by atoms with E-state index >= 15 is 0 Å². The Labute approximate surface area is 101 Å². The van der Waals surface area contributed by atoms with E-state index in [1.807, 2.05) is 12.4 Å². The highest BCUT2D eigenvalue weighted by molar-refractivity contribution is 6.09. The first-order valence-corrected chi connectivity index (χ1v) is 5.90. The van der Waals surface area contributed by atoms with Crippen molar-refractivity contribution in [1.82, 2.24) is 9.55 Å². The van der Waals surface area contributed by atoms with Gasteiger partial charge in [-0.05, 0) is 49.6 Å². The van der Waals surface area contributed by atoms with Crippen molar-refractivity contribution in [3.8, 4) is 0 Å². The fourth-order valence-corrected chi connectivity index (χ4v) is 2.71. The van der Waals surface area contributed by atoms with Gasteiger partial charge in [-0.25, -0.2) is 0 Å². The molecule has 0 N–H and O–H groups in total. The Hall–Kier alpha value is -1.83. The molecule has 0 aliphatic heterocycles. The lowest BCUT2D eigenvalue weighted by Gasteiger charge is -2.08. The van der Waals surface area contributed by atoms with E-state index in [4.69, 9.17) is 0 Å². The van der Waals surface area contributed by atoms with Crippen molar-refractivity contribution < 1.29 is 0 Å². The van der Waals surface area contributed by atoms with Crippen LogP contribution in [0.15, 0.2) is 24.5 Å². The number of hydrogen-bond donors (Lipinski definition) is 0. The molecule has 2 nitrogen and oxygen atoms in total. The van der Waals surface area contributed by atoms with Gasteiger partial charge in [0, 0.05) is 24.0 Å². The second kappa shape index (κ2) is 3.33. The summed E-state index contributed by atoms with van der Waals surface area (Å²) < 4.78 is 2.25. The highest BCUT2D eigenvalue weighted by Crippen LogP contribution is 2.32. The monoisotopic (exact) mass is 224 g/mol. The van der Waals surface area contributed by atoms with Crippen molar-refractivity contribution in [1.29, 1.82) is 0 Å². The van der Waals surface area contributed by atoms with Gasteiger partial charge in [0.25, 0.3) is 0 Å². The number of nitrogens with zero attached hydrogens (tertiary/aromatic N) is 2. The van der Waals surface area contributed by atoms with Crippen molar-refractivity contribution in [3.05, 3.63) is 41.2 Å². The summed E-state index contributed by atoms with van der Waals surface area (Å²) in [6.07, 6.45) is 3.81. The highest BCUT2D eigenvalue weighted by Gasteiger charge is 2.12. The minimum absolute atomic E-state index is 1.20. The minimum atomic E-state index is 1.20. The van der Waals surface area contributed by atoms with Crippen LogP contribution in [0.2, 0.25) is 0 Å². The largest absolute Gasteiger partial charge is 0.342 e. The Bertz CT molecular complexity index is 736. The Morgan fingerprint density at radius 1 is 1.06 bits per heavy atom. The molecule has 0 saturated carbocycles. The molecule has 0 fully saturated rings. The van der Waals surface area contributed by atoms with Gasteiger partial charge in [0.1, 0.15) is 0 Å². The van der Waals surface area contributed by atoms with Crippen LogP contribution in [-0.4, -0.2) is 9.55 Å². The molecule has 86 valence electrons. The SMILES string of the molecule is Cc1cc2c3ccncc3n(C)c2c(C)c1C. The van der Waals surface area contributed by atoms with E-state index in [0.717, 1.165) is 0 Å². The fourth-order valence-electron chi connectivity index (χ4n) is 2.71. The number of rotatable bonds is 0. The molecule has 0 aliphatic carbocycles. The molecule has 0 spiro atoms. The lowest BCUT2D eigenvalue weighted by molar-refractivity contribution is 1.000. The average molecular weight is 224 g/mol. The maximum atomic E-state index is 4.22. The van der Waals surface area contributed by atoms with Crippen LogP contribution in [0.1, 0.15) is 16.7 Å². The summed E-state index contributed by atoms with van der Waals surface area (Å²) in [7, 11) is 2.12. The van der Waals surface area contributed by atoms with Crippen LogP contribution in [-0.2, 0) is 7.05 Å². The van der Waals surface area contributed by atoms with Gasteiger partial charge in [-0.2, -0.15) is 0 Å². The van der Waals surface area contributed by atoms with E-state index in [0.29, 0.717) is 0 Å². The molecule has 17 heavy (non-hydrogen) atoms. The molecule has 0 unspecified atom stereocenters. The van der Waals surface area contributed by atoms with E-state index < -0.39 is 0 Å². The van der Waals surface area contributed by atoms with Crippen molar-refractivity contribution in [2.75, 3.05) is 0 Å². The van der Waals surface area contributed by atoms with Crippen molar-refractivity contribution in [3.63, 3.8) is 0 Å². The van der Waals surface area contributed by atoms with Crippen molar-refractivity contribution in [2.45, 2.75) is 20.8 Å². The molecule has 2 aromatic heterocycles. The van der Waals surface area contributed by atoms with Crippen LogP contribution in [0.3, 0.4) is 0 Å². The second-order valence-corrected chi connectivity index (χ2v) is 4.79. The van der Waals surface area contributed by atoms with Crippen molar-refractivity contribution in [2.24, 2.45) is 7.05 Å². The first-order valence-electron chi connectivity index (χ1n) is 5.90. The Morgan fingerprint density at radius 3 is 2.59 bits per heavy atom. The third kappa shape index (κ3) is 1.24. The van der Waals surface area contributed by atoms with Crippen LogP contribution in [0.5, 0.6) is 0 Å². The Balaban J connectivity index is 2.67. The maximum absolute atomic E-state index is 4.22. The van der Waals surface area contributed by atoms with E-state index in [2.05, 4.69) is 49.5 Å². The smallest absolute Gasteiger partial charge is 0.0675 e. The summed E-state index contributed by atoms with van der Waals surface area (Å²) in [5, 5.41) is 2.63. The quantitative estimate of drug-likeness (QED) is 0.570. The fraction of sp³-hybridized carbons (Fsp3) is 0.267. The molecule has 0 radical (unpaired) electrons. The molecular formula is C15H16N2. The lowest BCUT2D eigenvalue weighted by Crippen LogP contribution is -1.93. The van der Waals surface area contributed by atoms with Crippen LogP contribution in [0, 0.1) is 20.8 Å². The van der Waals surface area contributed by atoms with Crippen molar-refractivity contribution >= 4 is 21.8 Å². The summed E-state index contributed by atoms with van der Waals surface area (Å²) in [5.41, 5.74) is 6.65. The number of benzene rings is 1. The van der Waals surface area contributed by atoms with Crippen LogP contribution < -0.4 is 0 Å². The Kier molecular flexibility index (Phi) is 2.02. The van der Waals surface area contributed by atoms with Gasteiger partial charge in [0.15, 0.2) is 0 Å². The average Bonchev–Trinajstić information content (AvgIpc) is 2.61. The van der Waals surface area contributed by atoms with Crippen LogP contribution >= 0.6 is 0 Å². The maximum Gasteiger partial charge on any atom is 0.0675 e. The molecule has 0 bridgehead atoms. The summed E-state index contributed by atoms with van der Waals surface area (Å²) in [6, 6.07) is 4.39. The Morgan fingerprint density at radius 2 is 1.82 bits per heavy atom. The number of fused-ring (bicyclic) bond motifs is 3. The zero-order chi connectivity index (χ0) is 12.2. The molecule has 2 heteroatoms. The third-order valence-corrected chi connectivity index (χ3v) is 3.91. The molecular weight excluding hydrogens is 208 g/mol. The van der Waals surface area contributed by atoms with Gasteiger partial charge >= 0.3 is 0 Å². The molecule has 1 aromatic carbocycles. The number of pyridine rings is 1. The van der Waals surface area contributed by atoms with Gasteiger partial charge < -0.3 is 4.57 Å². The minimum Gasteiger partial charge on any atom is -0.342 e. The van der Waals surface area contributed by atoms with E-state index in [1.54, 1.807) is 0 Å². The lowest BCUT2D eigenvalue weighted by atomic mass is 10.00. The molecule has 2 heterocycles. The standard InChI is InChI=1S/C15H16N2/c1-9-7-13-12-5-6-16-8-14(12)17(4)15(13)11(3)10(9)2/h5-8H,1-4H3. The first-order chi connectivity index (χ1) is 8.11. The normalized spacial score (nSPS) is 11.5. The topological polar surface area (TPSA) is 17.8 Å². The third-order valence-electron chi connectivity index (χ3n) is 3.91. The predicted molar refractivity (Wildman–Crippen MR) is 72.4 cm³/mol. The highest BCUT2D eigenvalue weighted by atomic mass is 14.9. The number of hydrogen-bond acceptors (Lipinski definition) is 1. The molecule has 0 aliphatic rings. The zero-order valence-electron chi connectivity index (χ0n) is 10.7. The molecule has 0 saturated heterocycles.